The summed E-state index contributed by atoms with van der Waals surface area (Å²) < 4.78 is 7.17. The minimum atomic E-state index is -0.277. The Hall–Kier alpha value is -3.03. The fourth-order valence-corrected chi connectivity index (χ4v) is 3.37. The summed E-state index contributed by atoms with van der Waals surface area (Å²) in [5.41, 5.74) is 1.34. The largest absolute Gasteiger partial charge is 0.339 e. The molecule has 4 rings (SSSR count). The number of likely N-dealkylation sites (tertiary alicyclic amines) is 1. The number of fused-ring (bicyclic) bond motifs is 1. The average Bonchev–Trinajstić information content (AvgIpc) is 3.10. The number of amides is 1. The number of rotatable bonds is 4. The Balaban J connectivity index is 1.59. The van der Waals surface area contributed by atoms with Gasteiger partial charge < -0.3 is 14.0 Å². The predicted octanol–water partition coefficient (Wildman–Crippen LogP) is 2.47. The van der Waals surface area contributed by atoms with Gasteiger partial charge in [0, 0.05) is 37.4 Å². The maximum atomic E-state index is 12.9. The summed E-state index contributed by atoms with van der Waals surface area (Å²) in [5.74, 6) is 1.16. The third kappa shape index (κ3) is 2.98. The molecule has 28 heavy (non-hydrogen) atoms. The van der Waals surface area contributed by atoms with Crippen LogP contribution in [0.5, 0.6) is 0 Å². The molecule has 3 aromatic heterocycles. The number of aryl methyl sites for hydroxylation is 2. The predicted molar refractivity (Wildman–Crippen MR) is 103 cm³/mol. The van der Waals surface area contributed by atoms with Gasteiger partial charge in [-0.3, -0.25) is 9.59 Å². The van der Waals surface area contributed by atoms with Crippen LogP contribution in [0.4, 0.5) is 0 Å². The van der Waals surface area contributed by atoms with Gasteiger partial charge in [-0.1, -0.05) is 19.0 Å². The zero-order valence-corrected chi connectivity index (χ0v) is 16.5. The third-order valence-corrected chi connectivity index (χ3v) is 5.12. The molecule has 1 amide bonds. The number of pyridine rings is 2. The fourth-order valence-electron chi connectivity index (χ4n) is 3.37. The van der Waals surface area contributed by atoms with E-state index in [0.717, 1.165) is 5.69 Å². The Morgan fingerprint density at radius 3 is 2.68 bits per heavy atom. The van der Waals surface area contributed by atoms with Gasteiger partial charge in [-0.2, -0.15) is 4.98 Å². The van der Waals surface area contributed by atoms with E-state index in [9.17, 15) is 9.59 Å². The Morgan fingerprint density at radius 2 is 2.04 bits per heavy atom. The van der Waals surface area contributed by atoms with Crippen molar-refractivity contribution in [3.05, 3.63) is 51.5 Å². The highest BCUT2D eigenvalue weighted by molar-refractivity contribution is 5.97. The molecule has 0 bridgehead atoms. The number of nitrogens with zero attached hydrogens (tertiary/aromatic N) is 5. The Morgan fingerprint density at radius 1 is 1.29 bits per heavy atom. The molecule has 0 radical (unpaired) electrons. The molecule has 1 saturated heterocycles. The summed E-state index contributed by atoms with van der Waals surface area (Å²) >= 11 is 0. The van der Waals surface area contributed by atoms with E-state index in [1.165, 1.54) is 0 Å². The molecule has 4 heterocycles. The maximum Gasteiger partial charge on any atom is 0.259 e. The topological polar surface area (TPSA) is 94.1 Å². The van der Waals surface area contributed by atoms with Crippen molar-refractivity contribution in [2.24, 2.45) is 0 Å². The van der Waals surface area contributed by atoms with Gasteiger partial charge in [-0.25, -0.2) is 4.98 Å². The highest BCUT2D eigenvalue weighted by Crippen LogP contribution is 2.28. The van der Waals surface area contributed by atoms with Crippen molar-refractivity contribution in [1.29, 1.82) is 0 Å². The molecule has 8 heteroatoms. The van der Waals surface area contributed by atoms with Crippen LogP contribution in [0.3, 0.4) is 0 Å². The fraction of sp³-hybridized carbons (Fsp3) is 0.450. The highest BCUT2D eigenvalue weighted by Gasteiger charge is 2.37. The van der Waals surface area contributed by atoms with Gasteiger partial charge in [-0.15, -0.1) is 0 Å². The van der Waals surface area contributed by atoms with Crippen molar-refractivity contribution in [2.75, 3.05) is 13.1 Å². The van der Waals surface area contributed by atoms with Crippen LogP contribution >= 0.6 is 0 Å². The molecule has 0 unspecified atom stereocenters. The molecule has 1 aliphatic heterocycles. The van der Waals surface area contributed by atoms with Gasteiger partial charge >= 0.3 is 0 Å². The first-order valence-corrected chi connectivity index (χ1v) is 9.52. The molecular formula is C20H23N5O3. The first-order chi connectivity index (χ1) is 13.4. The molecular weight excluding hydrogens is 358 g/mol. The quantitative estimate of drug-likeness (QED) is 0.689. The molecule has 1 aliphatic rings. The minimum absolute atomic E-state index is 0.0159. The van der Waals surface area contributed by atoms with Crippen LogP contribution in [0.1, 0.15) is 60.4 Å². The van der Waals surface area contributed by atoms with E-state index in [1.807, 2.05) is 32.3 Å². The summed E-state index contributed by atoms with van der Waals surface area (Å²) in [6.07, 6.45) is 1.62. The van der Waals surface area contributed by atoms with Crippen molar-refractivity contribution >= 4 is 16.9 Å². The SMILES string of the molecule is CCn1cc(C(=O)N2CC(c3nc(C(C)C)no3)C2)c(=O)c2ccc(C)nc21. The second kappa shape index (κ2) is 6.85. The Bertz CT molecular complexity index is 1110. The molecule has 0 N–H and O–H groups in total. The van der Waals surface area contributed by atoms with E-state index in [2.05, 4.69) is 15.1 Å². The van der Waals surface area contributed by atoms with Crippen LogP contribution in [-0.4, -0.2) is 43.6 Å². The second-order valence-corrected chi connectivity index (χ2v) is 7.53. The zero-order chi connectivity index (χ0) is 20.0. The summed E-state index contributed by atoms with van der Waals surface area (Å²) in [6.45, 7) is 9.40. The van der Waals surface area contributed by atoms with Crippen LogP contribution in [-0.2, 0) is 6.54 Å². The third-order valence-electron chi connectivity index (χ3n) is 5.12. The van der Waals surface area contributed by atoms with Crippen molar-refractivity contribution < 1.29 is 9.32 Å². The number of hydrogen-bond donors (Lipinski definition) is 0. The molecule has 0 atom stereocenters. The number of carbonyl (C=O) groups excluding carboxylic acids is 1. The lowest BCUT2D eigenvalue weighted by Gasteiger charge is -2.37. The van der Waals surface area contributed by atoms with Gasteiger partial charge in [-0.05, 0) is 26.0 Å². The van der Waals surface area contributed by atoms with E-state index in [-0.39, 0.29) is 28.7 Å². The van der Waals surface area contributed by atoms with E-state index in [0.29, 0.717) is 42.4 Å². The summed E-state index contributed by atoms with van der Waals surface area (Å²) in [6, 6.07) is 3.53. The zero-order valence-electron chi connectivity index (χ0n) is 16.5. The molecule has 146 valence electrons. The van der Waals surface area contributed by atoms with Crippen LogP contribution in [0.15, 0.2) is 27.6 Å². The van der Waals surface area contributed by atoms with Gasteiger partial charge in [0.2, 0.25) is 11.3 Å². The van der Waals surface area contributed by atoms with Crippen LogP contribution in [0, 0.1) is 6.92 Å². The molecule has 0 saturated carbocycles. The summed E-state index contributed by atoms with van der Waals surface area (Å²) in [4.78, 5) is 36.3. The summed E-state index contributed by atoms with van der Waals surface area (Å²) in [7, 11) is 0. The first kappa shape index (κ1) is 18.3. The van der Waals surface area contributed by atoms with E-state index in [1.54, 1.807) is 23.2 Å². The lowest BCUT2D eigenvalue weighted by Crippen LogP contribution is -2.49. The second-order valence-electron chi connectivity index (χ2n) is 7.53. The molecule has 0 spiro atoms. The van der Waals surface area contributed by atoms with E-state index >= 15 is 0 Å². The lowest BCUT2D eigenvalue weighted by atomic mass is 9.98. The Labute approximate surface area is 162 Å². The van der Waals surface area contributed by atoms with Crippen LogP contribution in [0.2, 0.25) is 0 Å². The van der Waals surface area contributed by atoms with Gasteiger partial charge in [0.25, 0.3) is 5.91 Å². The monoisotopic (exact) mass is 381 g/mol. The normalized spacial score (nSPS) is 14.7. The van der Waals surface area contributed by atoms with E-state index < -0.39 is 0 Å². The first-order valence-electron chi connectivity index (χ1n) is 9.52. The molecule has 3 aromatic rings. The van der Waals surface area contributed by atoms with Gasteiger partial charge in [0.15, 0.2) is 5.82 Å². The van der Waals surface area contributed by atoms with Crippen molar-refractivity contribution in [2.45, 2.75) is 46.1 Å². The standard InChI is InChI=1S/C20H23N5O3/c1-5-24-10-15(16(26)14-7-6-12(4)21-18(14)24)20(27)25-8-13(9-25)19-22-17(11(2)3)23-28-19/h6-7,10-11,13H,5,8-9H2,1-4H3. The molecule has 1 fully saturated rings. The average molecular weight is 381 g/mol. The Kier molecular flexibility index (Phi) is 4.49. The number of carbonyl (C=O) groups is 1. The van der Waals surface area contributed by atoms with Crippen molar-refractivity contribution in [3.8, 4) is 0 Å². The van der Waals surface area contributed by atoms with Gasteiger partial charge in [0.1, 0.15) is 11.2 Å². The van der Waals surface area contributed by atoms with Crippen LogP contribution < -0.4 is 5.43 Å². The van der Waals surface area contributed by atoms with Gasteiger partial charge in [0.05, 0.1) is 11.3 Å². The highest BCUT2D eigenvalue weighted by atomic mass is 16.5. The molecule has 0 aromatic carbocycles. The summed E-state index contributed by atoms with van der Waals surface area (Å²) in [5, 5.41) is 4.44. The maximum absolute atomic E-state index is 12.9. The minimum Gasteiger partial charge on any atom is -0.339 e. The van der Waals surface area contributed by atoms with E-state index in [4.69, 9.17) is 4.52 Å². The van der Waals surface area contributed by atoms with Crippen molar-refractivity contribution in [3.63, 3.8) is 0 Å². The van der Waals surface area contributed by atoms with Crippen LogP contribution in [0.25, 0.3) is 11.0 Å². The number of hydrogen-bond acceptors (Lipinski definition) is 6. The van der Waals surface area contributed by atoms with Crippen molar-refractivity contribution in [1.82, 2.24) is 24.6 Å². The molecule has 0 aliphatic carbocycles. The molecule has 8 nitrogen and oxygen atoms in total. The smallest absolute Gasteiger partial charge is 0.259 e. The number of aromatic nitrogens is 4. The lowest BCUT2D eigenvalue weighted by molar-refractivity contribution is 0.0567.